The first-order valence-electron chi connectivity index (χ1n) is 5.11. The van der Waals surface area contributed by atoms with E-state index in [9.17, 15) is 9.18 Å². The molecule has 1 aromatic heterocycles. The van der Waals surface area contributed by atoms with E-state index in [0.29, 0.717) is 0 Å². The molecule has 17 heavy (non-hydrogen) atoms. The van der Waals surface area contributed by atoms with Crippen molar-refractivity contribution < 1.29 is 9.18 Å². The first-order chi connectivity index (χ1) is 8.09. The first-order valence-corrected chi connectivity index (χ1v) is 5.11. The number of carbonyl (C=O) groups is 1. The number of halogens is 1. The van der Waals surface area contributed by atoms with E-state index in [1.54, 1.807) is 18.3 Å². The van der Waals surface area contributed by atoms with Gasteiger partial charge in [0.15, 0.2) is 0 Å². The van der Waals surface area contributed by atoms with Crippen molar-refractivity contribution in [3.8, 4) is 11.1 Å². The lowest BCUT2D eigenvalue weighted by atomic mass is 10.0. The lowest BCUT2D eigenvalue weighted by Crippen LogP contribution is -2.13. The topological polar surface area (TPSA) is 56.0 Å². The molecular weight excluding hydrogens is 219 g/mol. The highest BCUT2D eigenvalue weighted by Crippen LogP contribution is 2.23. The number of primary amides is 1. The van der Waals surface area contributed by atoms with Gasteiger partial charge in [-0.1, -0.05) is 12.1 Å². The second-order valence-corrected chi connectivity index (χ2v) is 3.70. The number of benzene rings is 1. The molecule has 0 bridgehead atoms. The molecule has 0 atom stereocenters. The molecule has 0 aliphatic rings. The van der Waals surface area contributed by atoms with Gasteiger partial charge < -0.3 is 5.73 Å². The van der Waals surface area contributed by atoms with E-state index >= 15 is 0 Å². The van der Waals surface area contributed by atoms with Crippen LogP contribution in [0.5, 0.6) is 0 Å². The largest absolute Gasteiger partial charge is 0.366 e. The number of pyridine rings is 1. The third-order valence-corrected chi connectivity index (χ3v) is 2.55. The zero-order chi connectivity index (χ0) is 12.4. The van der Waals surface area contributed by atoms with Crippen LogP contribution in [0.4, 0.5) is 4.39 Å². The Morgan fingerprint density at radius 1 is 1.35 bits per heavy atom. The first kappa shape index (κ1) is 11.3. The van der Waals surface area contributed by atoms with Crippen LogP contribution in [0.2, 0.25) is 0 Å². The smallest absolute Gasteiger partial charge is 0.251 e. The molecule has 0 aliphatic heterocycles. The van der Waals surface area contributed by atoms with E-state index < -0.39 is 11.7 Å². The van der Waals surface area contributed by atoms with Crippen LogP contribution in [0.15, 0.2) is 36.5 Å². The molecule has 0 aliphatic carbocycles. The van der Waals surface area contributed by atoms with Gasteiger partial charge in [0.2, 0.25) is 0 Å². The Morgan fingerprint density at radius 3 is 2.76 bits per heavy atom. The van der Waals surface area contributed by atoms with Crippen LogP contribution in [-0.4, -0.2) is 10.9 Å². The van der Waals surface area contributed by atoms with Crippen LogP contribution >= 0.6 is 0 Å². The summed E-state index contributed by atoms with van der Waals surface area (Å²) < 4.78 is 13.3. The fraction of sp³-hybridized carbons (Fsp3) is 0.0769. The Balaban J connectivity index is 2.58. The quantitative estimate of drug-likeness (QED) is 0.860. The summed E-state index contributed by atoms with van der Waals surface area (Å²) in [4.78, 5) is 15.2. The number of carbonyl (C=O) groups excluding carboxylic acids is 1. The Labute approximate surface area is 98.1 Å². The maximum atomic E-state index is 13.3. The average Bonchev–Trinajstić information content (AvgIpc) is 2.30. The van der Waals surface area contributed by atoms with Crippen LogP contribution in [0.3, 0.4) is 0 Å². The second kappa shape index (κ2) is 4.33. The molecule has 0 saturated heterocycles. The maximum absolute atomic E-state index is 13.3. The highest BCUT2D eigenvalue weighted by atomic mass is 19.1. The lowest BCUT2D eigenvalue weighted by molar-refractivity contribution is 0.0996. The summed E-state index contributed by atoms with van der Waals surface area (Å²) in [6.45, 7) is 1.85. The van der Waals surface area contributed by atoms with E-state index in [4.69, 9.17) is 5.73 Å². The van der Waals surface area contributed by atoms with E-state index in [-0.39, 0.29) is 5.56 Å². The van der Waals surface area contributed by atoms with E-state index in [2.05, 4.69) is 4.98 Å². The van der Waals surface area contributed by atoms with Crippen molar-refractivity contribution in [1.29, 1.82) is 0 Å². The van der Waals surface area contributed by atoms with Gasteiger partial charge in [0, 0.05) is 17.5 Å². The number of amides is 1. The third-order valence-electron chi connectivity index (χ3n) is 2.55. The number of nitrogens with zero attached hydrogens (tertiary/aromatic N) is 1. The maximum Gasteiger partial charge on any atom is 0.251 e. The van der Waals surface area contributed by atoms with E-state index in [1.165, 1.54) is 12.1 Å². The molecule has 0 fully saturated rings. The number of hydrogen-bond acceptors (Lipinski definition) is 2. The minimum atomic E-state index is -0.772. The average molecular weight is 230 g/mol. The second-order valence-electron chi connectivity index (χ2n) is 3.70. The van der Waals surface area contributed by atoms with Crippen molar-refractivity contribution in [2.24, 2.45) is 5.73 Å². The highest BCUT2D eigenvalue weighted by Gasteiger charge is 2.10. The van der Waals surface area contributed by atoms with Crippen molar-refractivity contribution >= 4 is 5.91 Å². The summed E-state index contributed by atoms with van der Waals surface area (Å²) in [6, 6.07) is 7.94. The minimum absolute atomic E-state index is 0.106. The predicted molar refractivity (Wildman–Crippen MR) is 62.9 cm³/mol. The summed E-state index contributed by atoms with van der Waals surface area (Å²) in [5.41, 5.74) is 7.40. The van der Waals surface area contributed by atoms with Gasteiger partial charge in [-0.15, -0.1) is 0 Å². The van der Waals surface area contributed by atoms with Crippen molar-refractivity contribution in [2.75, 3.05) is 0 Å². The fourth-order valence-corrected chi connectivity index (χ4v) is 1.67. The monoisotopic (exact) mass is 230 g/mol. The summed E-state index contributed by atoms with van der Waals surface area (Å²) >= 11 is 0. The van der Waals surface area contributed by atoms with Crippen LogP contribution in [0.25, 0.3) is 11.1 Å². The van der Waals surface area contributed by atoms with Gasteiger partial charge >= 0.3 is 0 Å². The molecular formula is C13H11FN2O. The molecule has 1 amide bonds. The van der Waals surface area contributed by atoms with Gasteiger partial charge in [-0.05, 0) is 30.7 Å². The van der Waals surface area contributed by atoms with E-state index in [1.807, 2.05) is 13.0 Å². The van der Waals surface area contributed by atoms with Crippen molar-refractivity contribution in [2.45, 2.75) is 6.92 Å². The fourth-order valence-electron chi connectivity index (χ4n) is 1.67. The number of aromatic nitrogens is 1. The zero-order valence-electron chi connectivity index (χ0n) is 9.27. The van der Waals surface area contributed by atoms with Crippen molar-refractivity contribution in [1.82, 2.24) is 4.98 Å². The van der Waals surface area contributed by atoms with Crippen LogP contribution in [-0.2, 0) is 0 Å². The standard InChI is InChI=1S/C13H11FN2O/c1-8-10(3-2-6-16-8)9-4-5-12(14)11(7-9)13(15)17/h2-7H,1H3,(H2,15,17). The molecule has 0 spiro atoms. The third kappa shape index (κ3) is 2.15. The highest BCUT2D eigenvalue weighted by molar-refractivity contribution is 5.94. The molecule has 3 nitrogen and oxygen atoms in total. The van der Waals surface area contributed by atoms with Crippen LogP contribution in [0, 0.1) is 12.7 Å². The number of nitrogens with two attached hydrogens (primary N) is 1. The van der Waals surface area contributed by atoms with Crippen molar-refractivity contribution in [3.05, 3.63) is 53.6 Å². The summed E-state index contributed by atoms with van der Waals surface area (Å²) in [5, 5.41) is 0. The van der Waals surface area contributed by atoms with Gasteiger partial charge in [-0.25, -0.2) is 4.39 Å². The predicted octanol–water partition coefficient (Wildman–Crippen LogP) is 2.30. The Hall–Kier alpha value is -2.23. The molecule has 0 radical (unpaired) electrons. The number of aryl methyl sites for hydroxylation is 1. The molecule has 4 heteroatoms. The van der Waals surface area contributed by atoms with E-state index in [0.717, 1.165) is 16.8 Å². The van der Waals surface area contributed by atoms with Gasteiger partial charge in [-0.2, -0.15) is 0 Å². The molecule has 0 saturated carbocycles. The Kier molecular flexibility index (Phi) is 2.87. The van der Waals surface area contributed by atoms with Gasteiger partial charge in [-0.3, -0.25) is 9.78 Å². The molecule has 0 unspecified atom stereocenters. The summed E-state index contributed by atoms with van der Waals surface area (Å²) in [5.74, 6) is -1.38. The lowest BCUT2D eigenvalue weighted by Gasteiger charge is -2.06. The summed E-state index contributed by atoms with van der Waals surface area (Å²) in [7, 11) is 0. The Morgan fingerprint density at radius 2 is 2.12 bits per heavy atom. The molecule has 2 aromatic rings. The molecule has 1 aromatic carbocycles. The zero-order valence-corrected chi connectivity index (χ0v) is 9.27. The van der Waals surface area contributed by atoms with Gasteiger partial charge in [0.1, 0.15) is 5.82 Å². The van der Waals surface area contributed by atoms with Crippen LogP contribution in [0.1, 0.15) is 16.1 Å². The minimum Gasteiger partial charge on any atom is -0.366 e. The SMILES string of the molecule is Cc1ncccc1-c1ccc(F)c(C(N)=O)c1. The molecule has 1 heterocycles. The molecule has 86 valence electrons. The van der Waals surface area contributed by atoms with Gasteiger partial charge in [0.25, 0.3) is 5.91 Å². The number of hydrogen-bond donors (Lipinski definition) is 1. The van der Waals surface area contributed by atoms with Crippen LogP contribution < -0.4 is 5.73 Å². The van der Waals surface area contributed by atoms with Gasteiger partial charge in [0.05, 0.1) is 5.56 Å². The molecule has 2 N–H and O–H groups in total. The Bertz CT molecular complexity index is 581. The number of rotatable bonds is 2. The van der Waals surface area contributed by atoms with Crippen molar-refractivity contribution in [3.63, 3.8) is 0 Å². The normalized spacial score (nSPS) is 10.2. The molecule has 2 rings (SSSR count). The summed E-state index contributed by atoms with van der Waals surface area (Å²) in [6.07, 6.45) is 1.68.